The van der Waals surface area contributed by atoms with Gasteiger partial charge in [0.15, 0.2) is 0 Å². The summed E-state index contributed by atoms with van der Waals surface area (Å²) in [6.45, 7) is 1.73. The summed E-state index contributed by atoms with van der Waals surface area (Å²) in [5.41, 5.74) is 0. The van der Waals surface area contributed by atoms with Gasteiger partial charge in [0.05, 0.1) is 40.0 Å². The van der Waals surface area contributed by atoms with Gasteiger partial charge in [-0.15, -0.1) is 0 Å². The number of hydrogen-bond acceptors (Lipinski definition) is 3. The van der Waals surface area contributed by atoms with Gasteiger partial charge in [-0.2, -0.15) is 0 Å². The van der Waals surface area contributed by atoms with Crippen molar-refractivity contribution in [3.63, 3.8) is 0 Å². The lowest BCUT2D eigenvalue weighted by molar-refractivity contribution is -0.869. The number of quaternary nitrogens is 1. The smallest absolute Gasteiger partial charge is 0.308 e. The number of likely N-dealkylation sites (N-methyl/N-ethyl adjacent to an activating group) is 1. The molecule has 94 valence electrons. The summed E-state index contributed by atoms with van der Waals surface area (Å²) in [6.07, 6.45) is -0.341. The molecule has 0 saturated heterocycles. The summed E-state index contributed by atoms with van der Waals surface area (Å²) in [5, 5.41) is 20.3. The molecule has 6 nitrogen and oxygen atoms in total. The van der Waals surface area contributed by atoms with Crippen LogP contribution in [-0.2, 0) is 9.59 Å². The Bertz CT molecular complexity index is 248. The summed E-state index contributed by atoms with van der Waals surface area (Å²) in [4.78, 5) is 21.1. The Morgan fingerprint density at radius 1 is 1.25 bits per heavy atom. The molecular weight excluding hydrogens is 212 g/mol. The van der Waals surface area contributed by atoms with E-state index in [0.29, 0.717) is 6.54 Å². The van der Waals surface area contributed by atoms with Crippen LogP contribution in [0.5, 0.6) is 0 Å². The first-order valence-electron chi connectivity index (χ1n) is 5.18. The van der Waals surface area contributed by atoms with Gasteiger partial charge >= 0.3 is 11.9 Å². The summed E-state index contributed by atoms with van der Waals surface area (Å²) in [6, 6.07) is 0. The third-order valence-electron chi connectivity index (χ3n) is 2.12. The van der Waals surface area contributed by atoms with Gasteiger partial charge in [0.25, 0.3) is 0 Å². The first-order valence-corrected chi connectivity index (χ1v) is 5.18. The third-order valence-corrected chi connectivity index (χ3v) is 2.12. The SMILES string of the molecule is C[N+](C)(C)CCNCC(CC(=O)O)C(=O)O. The number of aliphatic carboxylic acids is 2. The number of carboxylic acid groups (broad SMARTS) is 2. The quantitative estimate of drug-likeness (QED) is 0.387. The molecule has 3 N–H and O–H groups in total. The molecule has 0 bridgehead atoms. The molecule has 0 aromatic rings. The zero-order valence-corrected chi connectivity index (χ0v) is 10.1. The molecule has 0 aromatic heterocycles. The second-order valence-corrected chi connectivity index (χ2v) is 4.85. The largest absolute Gasteiger partial charge is 0.481 e. The van der Waals surface area contributed by atoms with Crippen molar-refractivity contribution in [1.29, 1.82) is 0 Å². The molecule has 0 rings (SSSR count). The van der Waals surface area contributed by atoms with E-state index in [0.717, 1.165) is 11.0 Å². The van der Waals surface area contributed by atoms with Crippen LogP contribution in [0.25, 0.3) is 0 Å². The van der Waals surface area contributed by atoms with Crippen molar-refractivity contribution in [2.45, 2.75) is 6.42 Å². The van der Waals surface area contributed by atoms with Crippen molar-refractivity contribution >= 4 is 11.9 Å². The zero-order chi connectivity index (χ0) is 12.8. The van der Waals surface area contributed by atoms with Gasteiger partial charge in [0.1, 0.15) is 0 Å². The van der Waals surface area contributed by atoms with Crippen molar-refractivity contribution in [2.24, 2.45) is 5.92 Å². The molecule has 0 spiro atoms. The molecule has 16 heavy (non-hydrogen) atoms. The predicted molar refractivity (Wildman–Crippen MR) is 59.1 cm³/mol. The Labute approximate surface area is 95.5 Å². The number of nitrogens with one attached hydrogen (secondary N) is 1. The van der Waals surface area contributed by atoms with Gasteiger partial charge in [-0.3, -0.25) is 9.59 Å². The lowest BCUT2D eigenvalue weighted by atomic mass is 10.1. The fourth-order valence-corrected chi connectivity index (χ4v) is 1.15. The summed E-state index contributed by atoms with van der Waals surface area (Å²) < 4.78 is 0.781. The Morgan fingerprint density at radius 2 is 1.81 bits per heavy atom. The van der Waals surface area contributed by atoms with E-state index in [1.807, 2.05) is 21.1 Å². The van der Waals surface area contributed by atoms with Gasteiger partial charge in [-0.1, -0.05) is 0 Å². The Morgan fingerprint density at radius 3 is 2.19 bits per heavy atom. The van der Waals surface area contributed by atoms with Gasteiger partial charge < -0.3 is 20.0 Å². The Hall–Kier alpha value is -1.14. The standard InChI is InChI=1S/C10H20N2O4/c1-12(2,3)5-4-11-7-8(10(15)16)6-9(13)14/h8,11H,4-7H2,1-3H3,(H-,13,14,15,16)/p+1. The fraction of sp³-hybridized carbons (Fsp3) is 0.800. The van der Waals surface area contributed by atoms with Crippen molar-refractivity contribution in [1.82, 2.24) is 5.32 Å². The number of carbonyl (C=O) groups is 2. The van der Waals surface area contributed by atoms with Gasteiger partial charge in [0.2, 0.25) is 0 Å². The molecule has 0 amide bonds. The van der Waals surface area contributed by atoms with Crippen molar-refractivity contribution in [3.05, 3.63) is 0 Å². The number of hydrogen-bond donors (Lipinski definition) is 3. The fourth-order valence-electron chi connectivity index (χ4n) is 1.15. The molecule has 0 aliphatic heterocycles. The molecule has 0 heterocycles. The molecule has 0 aliphatic carbocycles. The molecular formula is C10H21N2O4+. The minimum absolute atomic E-state index is 0.196. The average molecular weight is 233 g/mol. The van der Waals surface area contributed by atoms with Gasteiger partial charge in [0, 0.05) is 13.1 Å². The van der Waals surface area contributed by atoms with Crippen LogP contribution in [0.4, 0.5) is 0 Å². The molecule has 0 radical (unpaired) electrons. The van der Waals surface area contributed by atoms with E-state index in [1.165, 1.54) is 0 Å². The van der Waals surface area contributed by atoms with Crippen LogP contribution < -0.4 is 5.32 Å². The summed E-state index contributed by atoms with van der Waals surface area (Å²) >= 11 is 0. The molecule has 6 heteroatoms. The lowest BCUT2D eigenvalue weighted by Gasteiger charge is -2.24. The zero-order valence-electron chi connectivity index (χ0n) is 10.1. The summed E-state index contributed by atoms with van der Waals surface area (Å²) in [5.74, 6) is -3.01. The molecule has 1 unspecified atom stereocenters. The van der Waals surface area contributed by atoms with E-state index >= 15 is 0 Å². The third kappa shape index (κ3) is 8.19. The maximum Gasteiger partial charge on any atom is 0.308 e. The van der Waals surface area contributed by atoms with Crippen LogP contribution in [0.3, 0.4) is 0 Å². The van der Waals surface area contributed by atoms with Gasteiger partial charge in [-0.05, 0) is 0 Å². The normalized spacial score (nSPS) is 13.4. The van der Waals surface area contributed by atoms with E-state index < -0.39 is 17.9 Å². The number of rotatable bonds is 8. The average Bonchev–Trinajstić information content (AvgIpc) is 2.07. The topological polar surface area (TPSA) is 86.6 Å². The Balaban J connectivity index is 3.86. The highest BCUT2D eigenvalue weighted by atomic mass is 16.4. The first-order chi connectivity index (χ1) is 7.22. The highest BCUT2D eigenvalue weighted by molar-refractivity contribution is 5.77. The maximum absolute atomic E-state index is 10.7. The second kappa shape index (κ2) is 6.44. The minimum Gasteiger partial charge on any atom is -0.481 e. The van der Waals surface area contributed by atoms with E-state index in [2.05, 4.69) is 5.32 Å². The molecule has 0 aromatic carbocycles. The van der Waals surface area contributed by atoms with Crippen LogP contribution in [-0.4, -0.2) is 67.4 Å². The summed E-state index contributed by atoms with van der Waals surface area (Å²) in [7, 11) is 6.11. The monoisotopic (exact) mass is 233 g/mol. The predicted octanol–water partition coefficient (Wildman–Crippen LogP) is -0.542. The van der Waals surface area contributed by atoms with Crippen molar-refractivity contribution in [3.8, 4) is 0 Å². The molecule has 0 fully saturated rings. The van der Waals surface area contributed by atoms with Crippen molar-refractivity contribution < 1.29 is 24.3 Å². The van der Waals surface area contributed by atoms with Crippen LogP contribution >= 0.6 is 0 Å². The van der Waals surface area contributed by atoms with Crippen molar-refractivity contribution in [2.75, 3.05) is 40.8 Å². The van der Waals surface area contributed by atoms with Crippen LogP contribution in [0.15, 0.2) is 0 Å². The molecule has 1 atom stereocenters. The maximum atomic E-state index is 10.7. The Kier molecular flexibility index (Phi) is 5.98. The molecule has 0 aliphatic rings. The number of nitrogens with zero attached hydrogens (tertiary/aromatic N) is 1. The van der Waals surface area contributed by atoms with E-state index in [-0.39, 0.29) is 13.0 Å². The molecule has 0 saturated carbocycles. The number of carboxylic acids is 2. The van der Waals surface area contributed by atoms with Crippen LogP contribution in [0.1, 0.15) is 6.42 Å². The minimum atomic E-state index is -1.08. The van der Waals surface area contributed by atoms with E-state index in [4.69, 9.17) is 10.2 Å². The van der Waals surface area contributed by atoms with Gasteiger partial charge in [-0.25, -0.2) is 0 Å². The first kappa shape index (κ1) is 14.9. The van der Waals surface area contributed by atoms with E-state index in [1.54, 1.807) is 0 Å². The highest BCUT2D eigenvalue weighted by Crippen LogP contribution is 2.01. The van der Waals surface area contributed by atoms with E-state index in [9.17, 15) is 9.59 Å². The second-order valence-electron chi connectivity index (χ2n) is 4.85. The lowest BCUT2D eigenvalue weighted by Crippen LogP contribution is -2.42. The highest BCUT2D eigenvalue weighted by Gasteiger charge is 2.20. The van der Waals surface area contributed by atoms with Crippen LogP contribution in [0.2, 0.25) is 0 Å². The van der Waals surface area contributed by atoms with Crippen LogP contribution in [0, 0.1) is 5.92 Å².